The third kappa shape index (κ3) is 4.96. The molecule has 0 unspecified atom stereocenters. The Balaban J connectivity index is 1.74. The van der Waals surface area contributed by atoms with Gasteiger partial charge >= 0.3 is 5.97 Å². The van der Waals surface area contributed by atoms with Gasteiger partial charge in [0.05, 0.1) is 26.4 Å². The molecule has 7 nitrogen and oxygen atoms in total. The Hall–Kier alpha value is -3.74. The molecule has 0 saturated carbocycles. The van der Waals surface area contributed by atoms with Gasteiger partial charge < -0.3 is 24.6 Å². The lowest BCUT2D eigenvalue weighted by Crippen LogP contribution is -2.36. The van der Waals surface area contributed by atoms with Crippen molar-refractivity contribution in [1.29, 1.82) is 0 Å². The molecule has 2 aromatic rings. The highest BCUT2D eigenvalue weighted by Gasteiger charge is 2.41. The molecule has 1 aliphatic heterocycles. The van der Waals surface area contributed by atoms with Gasteiger partial charge in [-0.15, -0.1) is 0 Å². The first kappa shape index (κ1) is 25.4. The van der Waals surface area contributed by atoms with Crippen LogP contribution in [0.1, 0.15) is 62.5 Å². The quantitative estimate of drug-likeness (QED) is 0.391. The number of aromatic hydroxyl groups is 1. The van der Waals surface area contributed by atoms with Gasteiger partial charge in [-0.2, -0.15) is 0 Å². The minimum Gasteiger partial charge on any atom is -0.508 e. The van der Waals surface area contributed by atoms with Crippen LogP contribution in [0.3, 0.4) is 0 Å². The van der Waals surface area contributed by atoms with Crippen molar-refractivity contribution in [1.82, 2.24) is 5.32 Å². The number of hydrogen-bond donors (Lipinski definition) is 2. The van der Waals surface area contributed by atoms with Crippen LogP contribution in [0.4, 0.5) is 0 Å². The number of ketones is 1. The lowest BCUT2D eigenvalue weighted by molar-refractivity contribution is -0.139. The Kier molecular flexibility index (Phi) is 7.67. The maximum absolute atomic E-state index is 13.7. The number of hydrogen-bond acceptors (Lipinski definition) is 7. The van der Waals surface area contributed by atoms with Crippen LogP contribution in [0.2, 0.25) is 0 Å². The number of unbranched alkanes of at least 4 members (excludes halogenated alkanes) is 1. The maximum atomic E-state index is 13.7. The zero-order chi connectivity index (χ0) is 25.8. The molecule has 0 spiro atoms. The summed E-state index contributed by atoms with van der Waals surface area (Å²) in [7, 11) is 3.18. The minimum atomic E-state index is -0.610. The second-order valence-corrected chi connectivity index (χ2v) is 9.22. The van der Waals surface area contributed by atoms with Crippen LogP contribution in [-0.4, -0.2) is 37.7 Å². The highest BCUT2D eigenvalue weighted by atomic mass is 16.5. The van der Waals surface area contributed by atoms with Gasteiger partial charge in [0, 0.05) is 29.3 Å². The first-order valence-corrected chi connectivity index (χ1v) is 12.3. The summed E-state index contributed by atoms with van der Waals surface area (Å²) in [5.74, 6) is 0.181. The second-order valence-electron chi connectivity index (χ2n) is 9.22. The fourth-order valence-electron chi connectivity index (χ4n) is 5.08. The number of methoxy groups -OCH3 is 2. The van der Waals surface area contributed by atoms with E-state index in [-0.39, 0.29) is 17.5 Å². The van der Waals surface area contributed by atoms with Crippen molar-refractivity contribution >= 4 is 11.8 Å². The van der Waals surface area contributed by atoms with E-state index in [1.807, 2.05) is 38.1 Å². The fourth-order valence-corrected chi connectivity index (χ4v) is 5.08. The van der Waals surface area contributed by atoms with Crippen LogP contribution in [-0.2, 0) is 14.3 Å². The molecule has 2 N–H and O–H groups in total. The van der Waals surface area contributed by atoms with E-state index < -0.39 is 11.9 Å². The van der Waals surface area contributed by atoms with Crippen LogP contribution in [0, 0.1) is 0 Å². The number of phenols is 1. The van der Waals surface area contributed by atoms with E-state index in [1.165, 1.54) is 0 Å². The fraction of sp³-hybridized carbons (Fsp3) is 0.379. The lowest BCUT2D eigenvalue weighted by atomic mass is 9.71. The molecule has 2 aromatic carbocycles. The predicted octanol–water partition coefficient (Wildman–Crippen LogP) is 5.11. The van der Waals surface area contributed by atoms with Crippen LogP contribution in [0.25, 0.3) is 0 Å². The van der Waals surface area contributed by atoms with Gasteiger partial charge in [0.1, 0.15) is 5.75 Å². The average Bonchev–Trinajstić information content (AvgIpc) is 2.87. The Morgan fingerprint density at radius 1 is 1.06 bits per heavy atom. The van der Waals surface area contributed by atoms with Crippen LogP contribution >= 0.6 is 0 Å². The minimum absolute atomic E-state index is 0.0387. The molecular weight excluding hydrogens is 458 g/mol. The first-order chi connectivity index (χ1) is 17.4. The summed E-state index contributed by atoms with van der Waals surface area (Å²) >= 11 is 0. The van der Waals surface area contributed by atoms with Crippen molar-refractivity contribution < 1.29 is 28.9 Å². The molecule has 0 amide bonds. The van der Waals surface area contributed by atoms with Crippen LogP contribution in [0.15, 0.2) is 65.0 Å². The molecule has 1 aliphatic carbocycles. The van der Waals surface area contributed by atoms with Crippen molar-refractivity contribution in [2.24, 2.45) is 0 Å². The standard InChI is InChI=1S/C29H33NO6/c1-5-6-12-36-29(33)26-17(2)30-22-14-20(18-10-11-24(34-3)25(16-18)35-4)15-23(32)28(22)27(26)19-8-7-9-21(31)13-19/h7-11,13,16,20,27,30-31H,5-6,12,14-15H2,1-4H3/t20-,27-/m0/s1. The van der Waals surface area contributed by atoms with Gasteiger partial charge in [0.15, 0.2) is 17.3 Å². The van der Waals surface area contributed by atoms with Gasteiger partial charge in [0.25, 0.3) is 0 Å². The monoisotopic (exact) mass is 491 g/mol. The maximum Gasteiger partial charge on any atom is 0.336 e. The van der Waals surface area contributed by atoms with E-state index in [0.29, 0.717) is 53.4 Å². The number of Topliss-reactive ketones (excluding diaryl/α,β-unsaturated/α-hetero) is 1. The molecule has 1 heterocycles. The molecule has 0 bridgehead atoms. The highest BCUT2D eigenvalue weighted by Crippen LogP contribution is 2.46. The van der Waals surface area contributed by atoms with Gasteiger partial charge in [-0.25, -0.2) is 4.79 Å². The van der Waals surface area contributed by atoms with Gasteiger partial charge in [-0.3, -0.25) is 4.79 Å². The van der Waals surface area contributed by atoms with Crippen molar-refractivity contribution in [2.45, 2.75) is 51.4 Å². The molecule has 0 fully saturated rings. The van der Waals surface area contributed by atoms with E-state index in [2.05, 4.69) is 5.32 Å². The second kappa shape index (κ2) is 10.9. The van der Waals surface area contributed by atoms with Crippen LogP contribution < -0.4 is 14.8 Å². The van der Waals surface area contributed by atoms with Crippen LogP contribution in [0.5, 0.6) is 17.2 Å². The summed E-state index contributed by atoms with van der Waals surface area (Å²) in [4.78, 5) is 26.9. The van der Waals surface area contributed by atoms with Crippen molar-refractivity contribution in [3.63, 3.8) is 0 Å². The van der Waals surface area contributed by atoms with Crippen molar-refractivity contribution in [2.75, 3.05) is 20.8 Å². The first-order valence-electron chi connectivity index (χ1n) is 12.3. The zero-order valence-electron chi connectivity index (χ0n) is 21.2. The van der Waals surface area contributed by atoms with E-state index in [0.717, 1.165) is 24.1 Å². The van der Waals surface area contributed by atoms with E-state index in [1.54, 1.807) is 32.4 Å². The number of phenolic OH excluding ortho intramolecular Hbond substituents is 1. The molecule has 0 saturated heterocycles. The Morgan fingerprint density at radius 3 is 2.53 bits per heavy atom. The van der Waals surface area contributed by atoms with Crippen molar-refractivity contribution in [3.05, 3.63) is 76.1 Å². The number of benzene rings is 2. The zero-order valence-corrected chi connectivity index (χ0v) is 21.2. The molecule has 2 atom stereocenters. The summed E-state index contributed by atoms with van der Waals surface area (Å²) in [6.45, 7) is 4.18. The Morgan fingerprint density at radius 2 is 1.83 bits per heavy atom. The SMILES string of the molecule is CCCCOC(=O)C1=C(C)NC2=C(C(=O)C[C@@H](c3ccc(OC)c(OC)c3)C2)[C@H]1c1cccc(O)c1. The van der Waals surface area contributed by atoms with E-state index in [9.17, 15) is 14.7 Å². The summed E-state index contributed by atoms with van der Waals surface area (Å²) in [6.07, 6.45) is 2.57. The summed E-state index contributed by atoms with van der Waals surface area (Å²) < 4.78 is 16.4. The van der Waals surface area contributed by atoms with Gasteiger partial charge in [0.2, 0.25) is 0 Å². The Labute approximate surface area is 211 Å². The third-order valence-corrected chi connectivity index (χ3v) is 6.86. The molecule has 2 aliphatic rings. The number of ether oxygens (including phenoxy) is 3. The highest BCUT2D eigenvalue weighted by molar-refractivity contribution is 6.04. The van der Waals surface area contributed by atoms with Crippen molar-refractivity contribution in [3.8, 4) is 17.2 Å². The molecule has 7 heteroatoms. The summed E-state index contributed by atoms with van der Waals surface area (Å²) in [6, 6.07) is 12.5. The number of dihydropyridines is 1. The predicted molar refractivity (Wildman–Crippen MR) is 136 cm³/mol. The van der Waals surface area contributed by atoms with Gasteiger partial charge in [-0.05, 0) is 61.1 Å². The average molecular weight is 492 g/mol. The number of carbonyl (C=O) groups is 2. The molecule has 190 valence electrons. The number of carbonyl (C=O) groups excluding carboxylic acids is 2. The summed E-state index contributed by atoms with van der Waals surface area (Å²) in [5, 5.41) is 13.5. The molecular formula is C29H33NO6. The summed E-state index contributed by atoms with van der Waals surface area (Å²) in [5.41, 5.74) is 4.09. The molecule has 0 aromatic heterocycles. The third-order valence-electron chi connectivity index (χ3n) is 6.86. The molecule has 36 heavy (non-hydrogen) atoms. The number of nitrogens with one attached hydrogen (secondary N) is 1. The Bertz CT molecular complexity index is 1230. The normalized spacial score (nSPS) is 19.5. The number of allylic oxidation sites excluding steroid dienone is 3. The number of rotatable bonds is 8. The lowest BCUT2D eigenvalue weighted by Gasteiger charge is -2.36. The van der Waals surface area contributed by atoms with E-state index >= 15 is 0 Å². The van der Waals surface area contributed by atoms with E-state index in [4.69, 9.17) is 14.2 Å². The molecule has 4 rings (SSSR count). The topological polar surface area (TPSA) is 94.1 Å². The largest absolute Gasteiger partial charge is 0.508 e. The number of esters is 1. The smallest absolute Gasteiger partial charge is 0.336 e. The van der Waals surface area contributed by atoms with Gasteiger partial charge in [-0.1, -0.05) is 31.5 Å². The molecule has 0 radical (unpaired) electrons.